The first kappa shape index (κ1) is 21.5. The topological polar surface area (TPSA) is 55.6 Å². The Morgan fingerprint density at radius 3 is 1.78 bits per heavy atom. The molecule has 0 aliphatic heterocycles. The summed E-state index contributed by atoms with van der Waals surface area (Å²) in [5.74, 6) is 2.04. The van der Waals surface area contributed by atoms with Gasteiger partial charge in [0.25, 0.3) is 0 Å². The van der Waals surface area contributed by atoms with Crippen molar-refractivity contribution in [1.29, 1.82) is 0 Å². The summed E-state index contributed by atoms with van der Waals surface area (Å²) in [5, 5.41) is 5.92. The number of ether oxygens (including phenoxy) is 1. The second kappa shape index (κ2) is 8.44. The maximum atomic E-state index is 12.5. The zero-order valence-corrected chi connectivity index (χ0v) is 18.3. The largest absolute Gasteiger partial charge is 0.457 e. The number of hydrogen-bond acceptors (Lipinski definition) is 2. The lowest BCUT2D eigenvalue weighted by atomic mass is 9.90. The molecule has 2 rings (SSSR count). The quantitative estimate of drug-likeness (QED) is 0.673. The number of nitrogens with two attached hydrogens (primary N) is 1. The van der Waals surface area contributed by atoms with Crippen LogP contribution in [0.1, 0.15) is 71.4 Å². The lowest BCUT2D eigenvalue weighted by Crippen LogP contribution is -2.46. The Bertz CT molecular complexity index is 767. The monoisotopic (exact) mass is 388 g/mol. The number of rotatable bonds is 6. The summed E-state index contributed by atoms with van der Waals surface area (Å²) in [6.07, 6.45) is 0. The molecule has 0 spiro atoms. The van der Waals surface area contributed by atoms with Crippen molar-refractivity contribution in [3.63, 3.8) is 0 Å². The number of para-hydroxylation sites is 1. The molecule has 148 valence electrons. The van der Waals surface area contributed by atoms with E-state index in [1.54, 1.807) is 0 Å². The smallest absolute Gasteiger partial charge is 0.194 e. The molecule has 0 bridgehead atoms. The minimum absolute atomic E-state index is 0.227. The average molecular weight is 389 g/mol. The van der Waals surface area contributed by atoms with Gasteiger partial charge >= 0.3 is 0 Å². The van der Waals surface area contributed by atoms with Gasteiger partial charge in [-0.15, -0.1) is 0 Å². The maximum Gasteiger partial charge on any atom is 0.194 e. The maximum absolute atomic E-state index is 12.5. The molecule has 1 unspecified atom stereocenters. The van der Waals surface area contributed by atoms with Gasteiger partial charge in [-0.3, -0.25) is 4.31 Å². The molecular formula is C22H32N2O2S. The van der Waals surface area contributed by atoms with Gasteiger partial charge < -0.3 is 4.74 Å². The van der Waals surface area contributed by atoms with E-state index in [1.165, 1.54) is 0 Å². The Balaban J connectivity index is 2.70. The van der Waals surface area contributed by atoms with Crippen LogP contribution in [0.3, 0.4) is 0 Å². The van der Waals surface area contributed by atoms with E-state index in [-0.39, 0.29) is 17.4 Å². The molecular weight excluding hydrogens is 356 g/mol. The zero-order chi connectivity index (χ0) is 20.4. The third-order valence-electron chi connectivity index (χ3n) is 4.36. The van der Waals surface area contributed by atoms with Crippen LogP contribution in [0.25, 0.3) is 0 Å². The second-order valence-corrected chi connectivity index (χ2v) is 9.33. The molecule has 0 saturated heterocycles. The molecule has 5 heteroatoms. The van der Waals surface area contributed by atoms with Gasteiger partial charge in [-0.05, 0) is 68.0 Å². The summed E-state index contributed by atoms with van der Waals surface area (Å²) in [6, 6.07) is 13.8. The number of anilines is 1. The molecule has 0 amide bonds. The molecule has 0 heterocycles. The standard InChI is InChI=1S/C22H32N2O2S/c1-15(2)19-13-18(26-17-11-9-8-10-12-17)14-20(16(3)4)21(19)24(27(23)25)22(5,6)7/h8-16H,23H2,1-7H3. The molecule has 27 heavy (non-hydrogen) atoms. The van der Waals surface area contributed by atoms with E-state index in [0.717, 1.165) is 28.3 Å². The Kier molecular flexibility index (Phi) is 6.71. The molecule has 0 aliphatic rings. The average Bonchev–Trinajstić information content (AvgIpc) is 2.54. The van der Waals surface area contributed by atoms with Crippen LogP contribution in [0.2, 0.25) is 0 Å². The molecule has 2 aromatic carbocycles. The van der Waals surface area contributed by atoms with Crippen LogP contribution in [-0.2, 0) is 11.2 Å². The predicted molar refractivity (Wildman–Crippen MR) is 116 cm³/mol. The van der Waals surface area contributed by atoms with Gasteiger partial charge in [0.1, 0.15) is 11.5 Å². The van der Waals surface area contributed by atoms with Gasteiger partial charge in [-0.2, -0.15) is 0 Å². The minimum atomic E-state index is -1.63. The van der Waals surface area contributed by atoms with Crippen LogP contribution in [0.5, 0.6) is 11.5 Å². The molecule has 2 N–H and O–H groups in total. The lowest BCUT2D eigenvalue weighted by Gasteiger charge is -2.38. The molecule has 1 atom stereocenters. The third-order valence-corrected chi connectivity index (χ3v) is 5.45. The summed E-state index contributed by atoms with van der Waals surface area (Å²) in [5.41, 5.74) is 2.74. The Morgan fingerprint density at radius 1 is 0.926 bits per heavy atom. The van der Waals surface area contributed by atoms with Gasteiger partial charge in [0, 0.05) is 5.54 Å². The molecule has 0 radical (unpaired) electrons. The Labute approximate surface area is 166 Å². The summed E-state index contributed by atoms with van der Waals surface area (Å²) in [4.78, 5) is 0. The molecule has 0 saturated carbocycles. The fourth-order valence-corrected chi connectivity index (χ4v) is 4.08. The summed E-state index contributed by atoms with van der Waals surface area (Å²) < 4.78 is 20.4. The Hall–Kier alpha value is -1.85. The molecule has 0 fully saturated rings. The van der Waals surface area contributed by atoms with E-state index in [1.807, 2.05) is 67.5 Å². The van der Waals surface area contributed by atoms with Gasteiger partial charge in [-0.25, -0.2) is 9.35 Å². The highest BCUT2D eigenvalue weighted by Crippen LogP contribution is 2.42. The minimum Gasteiger partial charge on any atom is -0.457 e. The first-order valence-electron chi connectivity index (χ1n) is 9.39. The zero-order valence-electron chi connectivity index (χ0n) is 17.4. The highest BCUT2D eigenvalue weighted by atomic mass is 32.2. The van der Waals surface area contributed by atoms with E-state index < -0.39 is 11.2 Å². The van der Waals surface area contributed by atoms with Crippen molar-refractivity contribution in [3.8, 4) is 11.5 Å². The summed E-state index contributed by atoms with van der Waals surface area (Å²) in [6.45, 7) is 14.6. The number of benzene rings is 2. The van der Waals surface area contributed by atoms with Gasteiger partial charge in [0.15, 0.2) is 11.2 Å². The first-order valence-corrected chi connectivity index (χ1v) is 10.6. The number of hydrogen-bond donors (Lipinski definition) is 1. The SMILES string of the molecule is CC(C)c1cc(Oc2ccccc2)cc(C(C)C)c1N(S(N)=O)C(C)(C)C. The number of nitrogens with zero attached hydrogens (tertiary/aromatic N) is 1. The van der Waals surface area contributed by atoms with E-state index in [9.17, 15) is 4.21 Å². The first-order chi connectivity index (χ1) is 12.5. The summed E-state index contributed by atoms with van der Waals surface area (Å²) >= 11 is -1.63. The molecule has 4 nitrogen and oxygen atoms in total. The van der Waals surface area contributed by atoms with Crippen LogP contribution < -0.4 is 14.2 Å². The third kappa shape index (κ3) is 5.11. The van der Waals surface area contributed by atoms with Crippen molar-refractivity contribution in [2.24, 2.45) is 5.14 Å². The van der Waals surface area contributed by atoms with E-state index >= 15 is 0 Å². The normalized spacial score (nSPS) is 13.1. The lowest BCUT2D eigenvalue weighted by molar-refractivity contribution is 0.479. The molecule has 2 aromatic rings. The van der Waals surface area contributed by atoms with Gasteiger partial charge in [0.2, 0.25) is 0 Å². The summed E-state index contributed by atoms with van der Waals surface area (Å²) in [7, 11) is 0. The second-order valence-electron chi connectivity index (χ2n) is 8.42. The fourth-order valence-electron chi connectivity index (χ4n) is 3.15. The van der Waals surface area contributed by atoms with Crippen LogP contribution in [0, 0.1) is 0 Å². The van der Waals surface area contributed by atoms with E-state index in [2.05, 4.69) is 27.7 Å². The van der Waals surface area contributed by atoms with Crippen molar-refractivity contribution in [3.05, 3.63) is 53.6 Å². The van der Waals surface area contributed by atoms with E-state index in [0.29, 0.717) is 0 Å². The molecule has 0 aliphatic carbocycles. The van der Waals surface area contributed by atoms with E-state index in [4.69, 9.17) is 9.88 Å². The Morgan fingerprint density at radius 2 is 1.41 bits per heavy atom. The van der Waals surface area contributed by atoms with Crippen molar-refractivity contribution in [2.75, 3.05) is 4.31 Å². The van der Waals surface area contributed by atoms with Crippen LogP contribution in [0.15, 0.2) is 42.5 Å². The van der Waals surface area contributed by atoms with Crippen molar-refractivity contribution < 1.29 is 8.95 Å². The van der Waals surface area contributed by atoms with Crippen molar-refractivity contribution >= 4 is 16.9 Å². The fraction of sp³-hybridized carbons (Fsp3) is 0.455. The molecule has 0 aromatic heterocycles. The van der Waals surface area contributed by atoms with Gasteiger partial charge in [0.05, 0.1) is 5.69 Å². The van der Waals surface area contributed by atoms with Crippen molar-refractivity contribution in [2.45, 2.75) is 65.8 Å². The highest BCUT2D eigenvalue weighted by Gasteiger charge is 2.31. The predicted octanol–water partition coefficient (Wildman–Crippen LogP) is 5.87. The van der Waals surface area contributed by atoms with Crippen molar-refractivity contribution in [1.82, 2.24) is 0 Å². The highest BCUT2D eigenvalue weighted by molar-refractivity contribution is 7.84. The van der Waals surface area contributed by atoms with Crippen LogP contribution in [0.4, 0.5) is 5.69 Å². The van der Waals surface area contributed by atoms with Crippen LogP contribution >= 0.6 is 0 Å². The van der Waals surface area contributed by atoms with Gasteiger partial charge in [-0.1, -0.05) is 45.9 Å². The van der Waals surface area contributed by atoms with Crippen LogP contribution in [-0.4, -0.2) is 9.75 Å².